The number of hydrogen-bond acceptors (Lipinski definition) is 4. The van der Waals surface area contributed by atoms with Crippen LogP contribution in [0.4, 0.5) is 5.69 Å². The van der Waals surface area contributed by atoms with Gasteiger partial charge in [-0.2, -0.15) is 0 Å². The third kappa shape index (κ3) is 3.24. The Kier molecular flexibility index (Phi) is 4.76. The number of ether oxygens (including phenoxy) is 1. The molecule has 0 bridgehead atoms. The highest BCUT2D eigenvalue weighted by molar-refractivity contribution is 5.97. The van der Waals surface area contributed by atoms with E-state index in [0.29, 0.717) is 13.0 Å². The second-order valence-corrected chi connectivity index (χ2v) is 4.60. The van der Waals surface area contributed by atoms with Gasteiger partial charge in [-0.15, -0.1) is 0 Å². The van der Waals surface area contributed by atoms with E-state index in [2.05, 4.69) is 5.32 Å². The molecule has 1 aromatic carbocycles. The van der Waals surface area contributed by atoms with Crippen molar-refractivity contribution in [2.75, 3.05) is 31.7 Å². The Morgan fingerprint density at radius 2 is 2.26 bits per heavy atom. The zero-order valence-corrected chi connectivity index (χ0v) is 11.2. The summed E-state index contributed by atoms with van der Waals surface area (Å²) in [7, 11) is 1.89. The van der Waals surface area contributed by atoms with Crippen LogP contribution in [0.5, 0.6) is 5.75 Å². The third-order valence-electron chi connectivity index (χ3n) is 3.14. The van der Waals surface area contributed by atoms with Crippen molar-refractivity contribution in [3.63, 3.8) is 0 Å². The molecule has 2 N–H and O–H groups in total. The average molecular weight is 264 g/mol. The number of unbranched alkanes of at least 4 members (excludes halogenated alkanes) is 1. The highest BCUT2D eigenvalue weighted by atomic mass is 16.5. The molecule has 2 rings (SSSR count). The Bertz CT molecular complexity index is 448. The zero-order chi connectivity index (χ0) is 13.7. The maximum Gasteiger partial charge on any atom is 0.265 e. The van der Waals surface area contributed by atoms with Crippen molar-refractivity contribution in [2.24, 2.45) is 0 Å². The summed E-state index contributed by atoms with van der Waals surface area (Å²) in [5, 5.41) is 11.9. The molecule has 1 aliphatic heterocycles. The minimum absolute atomic E-state index is 0.0213. The largest absolute Gasteiger partial charge is 0.482 e. The summed E-state index contributed by atoms with van der Waals surface area (Å²) in [6, 6.07) is 5.90. The van der Waals surface area contributed by atoms with E-state index in [1.807, 2.05) is 25.2 Å². The van der Waals surface area contributed by atoms with E-state index in [0.717, 1.165) is 30.0 Å². The SMILES string of the molecule is CNCc1ccc2c(c1)N(CCCCO)C(=O)CO2. The monoisotopic (exact) mass is 264 g/mol. The van der Waals surface area contributed by atoms with E-state index in [-0.39, 0.29) is 19.1 Å². The molecule has 0 unspecified atom stereocenters. The van der Waals surface area contributed by atoms with Gasteiger partial charge in [-0.3, -0.25) is 4.79 Å². The molecule has 19 heavy (non-hydrogen) atoms. The molecule has 5 nitrogen and oxygen atoms in total. The van der Waals surface area contributed by atoms with Crippen molar-refractivity contribution in [1.29, 1.82) is 0 Å². The fraction of sp³-hybridized carbons (Fsp3) is 0.500. The van der Waals surface area contributed by atoms with Gasteiger partial charge in [0.05, 0.1) is 5.69 Å². The molecule has 104 valence electrons. The van der Waals surface area contributed by atoms with Crippen molar-refractivity contribution < 1.29 is 14.6 Å². The summed E-state index contributed by atoms with van der Waals surface area (Å²) in [5.41, 5.74) is 1.95. The first kappa shape index (κ1) is 13.8. The van der Waals surface area contributed by atoms with E-state index in [4.69, 9.17) is 9.84 Å². The van der Waals surface area contributed by atoms with Crippen LogP contribution in [0, 0.1) is 0 Å². The Labute approximate surface area is 113 Å². The van der Waals surface area contributed by atoms with Gasteiger partial charge in [0.25, 0.3) is 5.91 Å². The van der Waals surface area contributed by atoms with Crippen LogP contribution in [0.25, 0.3) is 0 Å². The number of hydrogen-bond donors (Lipinski definition) is 2. The number of amides is 1. The molecule has 1 aliphatic rings. The van der Waals surface area contributed by atoms with Crippen LogP contribution in [0.2, 0.25) is 0 Å². The minimum atomic E-state index is -0.0213. The van der Waals surface area contributed by atoms with Gasteiger partial charge in [0.1, 0.15) is 5.75 Å². The number of benzene rings is 1. The van der Waals surface area contributed by atoms with E-state index < -0.39 is 0 Å². The normalized spacial score (nSPS) is 14.2. The molecule has 0 saturated carbocycles. The second-order valence-electron chi connectivity index (χ2n) is 4.60. The first-order valence-corrected chi connectivity index (χ1v) is 6.58. The average Bonchev–Trinajstić information content (AvgIpc) is 2.42. The second kappa shape index (κ2) is 6.54. The van der Waals surface area contributed by atoms with Gasteiger partial charge in [-0.25, -0.2) is 0 Å². The number of carbonyl (C=O) groups is 1. The van der Waals surface area contributed by atoms with Crippen LogP contribution in [-0.2, 0) is 11.3 Å². The number of carbonyl (C=O) groups excluding carboxylic acids is 1. The molecule has 0 atom stereocenters. The fourth-order valence-corrected chi connectivity index (χ4v) is 2.19. The fourth-order valence-electron chi connectivity index (χ4n) is 2.19. The van der Waals surface area contributed by atoms with Crippen molar-refractivity contribution in [2.45, 2.75) is 19.4 Å². The Balaban J connectivity index is 2.20. The quantitative estimate of drug-likeness (QED) is 0.750. The number of nitrogens with zero attached hydrogens (tertiary/aromatic N) is 1. The first-order chi connectivity index (χ1) is 9.26. The van der Waals surface area contributed by atoms with E-state index in [1.54, 1.807) is 4.90 Å². The smallest absolute Gasteiger partial charge is 0.265 e. The van der Waals surface area contributed by atoms with Crippen molar-refractivity contribution in [3.8, 4) is 5.75 Å². The van der Waals surface area contributed by atoms with Crippen LogP contribution in [0.15, 0.2) is 18.2 Å². The van der Waals surface area contributed by atoms with Crippen LogP contribution in [0.1, 0.15) is 18.4 Å². The molecule has 0 saturated heterocycles. The lowest BCUT2D eigenvalue weighted by Crippen LogP contribution is -2.39. The lowest BCUT2D eigenvalue weighted by molar-refractivity contribution is -0.121. The van der Waals surface area contributed by atoms with Crippen molar-refractivity contribution in [3.05, 3.63) is 23.8 Å². The van der Waals surface area contributed by atoms with Gasteiger partial charge in [0, 0.05) is 19.7 Å². The van der Waals surface area contributed by atoms with Gasteiger partial charge < -0.3 is 20.1 Å². The molecular weight excluding hydrogens is 244 g/mol. The number of rotatable bonds is 6. The van der Waals surface area contributed by atoms with Gasteiger partial charge >= 0.3 is 0 Å². The summed E-state index contributed by atoms with van der Waals surface area (Å²) in [6.07, 6.45) is 1.49. The summed E-state index contributed by atoms with van der Waals surface area (Å²) < 4.78 is 5.44. The highest BCUT2D eigenvalue weighted by Crippen LogP contribution is 2.33. The summed E-state index contributed by atoms with van der Waals surface area (Å²) in [6.45, 7) is 1.63. The summed E-state index contributed by atoms with van der Waals surface area (Å²) in [5.74, 6) is 0.732. The number of aliphatic hydroxyl groups excluding tert-OH is 1. The van der Waals surface area contributed by atoms with Crippen molar-refractivity contribution in [1.82, 2.24) is 5.32 Å². The van der Waals surface area contributed by atoms with Crippen LogP contribution in [-0.4, -0.2) is 37.8 Å². The molecule has 0 aliphatic carbocycles. The molecule has 1 amide bonds. The van der Waals surface area contributed by atoms with E-state index >= 15 is 0 Å². The Morgan fingerprint density at radius 1 is 1.42 bits per heavy atom. The van der Waals surface area contributed by atoms with Gasteiger partial charge in [0.2, 0.25) is 0 Å². The predicted molar refractivity (Wildman–Crippen MR) is 73.4 cm³/mol. The topological polar surface area (TPSA) is 61.8 Å². The first-order valence-electron chi connectivity index (χ1n) is 6.58. The molecule has 5 heteroatoms. The lowest BCUT2D eigenvalue weighted by Gasteiger charge is -2.29. The highest BCUT2D eigenvalue weighted by Gasteiger charge is 2.25. The van der Waals surface area contributed by atoms with Crippen LogP contribution in [0.3, 0.4) is 0 Å². The molecule has 0 radical (unpaired) electrons. The van der Waals surface area contributed by atoms with Crippen LogP contribution < -0.4 is 15.0 Å². The zero-order valence-electron chi connectivity index (χ0n) is 11.2. The van der Waals surface area contributed by atoms with Crippen LogP contribution >= 0.6 is 0 Å². The van der Waals surface area contributed by atoms with Gasteiger partial charge in [-0.05, 0) is 37.6 Å². The van der Waals surface area contributed by atoms with E-state index in [9.17, 15) is 4.79 Å². The van der Waals surface area contributed by atoms with Crippen molar-refractivity contribution >= 4 is 11.6 Å². The standard InChI is InChI=1S/C14H20N2O3/c1-15-9-11-4-5-13-12(8-11)16(6-2-3-7-17)14(18)10-19-13/h4-5,8,15,17H,2-3,6-7,9-10H2,1H3. The molecule has 0 fully saturated rings. The Morgan fingerprint density at radius 3 is 3.00 bits per heavy atom. The maximum absolute atomic E-state index is 11.9. The number of nitrogens with one attached hydrogen (secondary N) is 1. The minimum Gasteiger partial charge on any atom is -0.482 e. The summed E-state index contributed by atoms with van der Waals surface area (Å²) in [4.78, 5) is 13.7. The molecule has 1 aromatic rings. The van der Waals surface area contributed by atoms with E-state index in [1.165, 1.54) is 0 Å². The lowest BCUT2D eigenvalue weighted by atomic mass is 10.1. The van der Waals surface area contributed by atoms with Gasteiger partial charge in [-0.1, -0.05) is 6.07 Å². The predicted octanol–water partition coefficient (Wildman–Crippen LogP) is 0.904. The molecule has 1 heterocycles. The maximum atomic E-state index is 11.9. The van der Waals surface area contributed by atoms with Gasteiger partial charge in [0.15, 0.2) is 6.61 Å². The number of aliphatic hydroxyl groups is 1. The third-order valence-corrected chi connectivity index (χ3v) is 3.14. The molecular formula is C14H20N2O3. The summed E-state index contributed by atoms with van der Waals surface area (Å²) >= 11 is 0. The number of fused-ring (bicyclic) bond motifs is 1. The number of anilines is 1. The molecule has 0 aromatic heterocycles. The molecule has 0 spiro atoms. The Hall–Kier alpha value is -1.59.